The van der Waals surface area contributed by atoms with Crippen LogP contribution in [0.5, 0.6) is 0 Å². The quantitative estimate of drug-likeness (QED) is 0.717. The third-order valence-electron chi connectivity index (χ3n) is 4.38. The zero-order valence-electron chi connectivity index (χ0n) is 13.0. The average molecular weight is 405 g/mol. The molecule has 128 valence electrons. The molecule has 2 rings (SSSR count). The van der Waals surface area contributed by atoms with Crippen molar-refractivity contribution >= 4 is 40.2 Å². The Kier molecular flexibility index (Phi) is 7.04. The summed E-state index contributed by atoms with van der Waals surface area (Å²) >= 11 is 3.37. The monoisotopic (exact) mass is 403 g/mol. The highest BCUT2D eigenvalue weighted by Crippen LogP contribution is 2.26. The molecular formula is C16H23BrClN3O2. The lowest BCUT2D eigenvalue weighted by Gasteiger charge is -2.31. The molecule has 0 radical (unpaired) electrons. The molecule has 0 heterocycles. The van der Waals surface area contributed by atoms with Crippen molar-refractivity contribution in [2.75, 3.05) is 0 Å². The van der Waals surface area contributed by atoms with Gasteiger partial charge in [-0.15, -0.1) is 12.4 Å². The normalized spacial score (nSPS) is 23.3. The molecule has 0 aromatic heterocycles. The van der Waals surface area contributed by atoms with Crippen LogP contribution in [-0.2, 0) is 15.1 Å². The number of benzene rings is 1. The van der Waals surface area contributed by atoms with Gasteiger partial charge in [-0.05, 0) is 50.3 Å². The van der Waals surface area contributed by atoms with Crippen LogP contribution in [0.2, 0.25) is 0 Å². The second-order valence-electron chi connectivity index (χ2n) is 6.13. The first kappa shape index (κ1) is 19.9. The van der Waals surface area contributed by atoms with Crippen LogP contribution >= 0.6 is 28.3 Å². The summed E-state index contributed by atoms with van der Waals surface area (Å²) in [6.45, 7) is 1.71. The molecule has 0 aliphatic heterocycles. The Bertz CT molecular complexity index is 555. The van der Waals surface area contributed by atoms with Crippen molar-refractivity contribution in [3.8, 4) is 0 Å². The third-order valence-corrected chi connectivity index (χ3v) is 4.91. The van der Waals surface area contributed by atoms with E-state index < -0.39 is 5.54 Å². The standard InChI is InChI=1S/C16H22BrN3O2.ClH/c1-16(19,11-4-6-12(17)7-5-11)15(22)20-13-8-2-10(3-9-13)14(18)21;/h4-7,10,13H,2-3,8-9,19H2,1H3,(H2,18,21)(H,20,22);1H. The lowest BCUT2D eigenvalue weighted by molar-refractivity contribution is -0.127. The van der Waals surface area contributed by atoms with E-state index in [9.17, 15) is 9.59 Å². The van der Waals surface area contributed by atoms with Gasteiger partial charge in [0.2, 0.25) is 11.8 Å². The fraction of sp³-hybridized carbons (Fsp3) is 0.500. The Morgan fingerprint density at radius 3 is 2.17 bits per heavy atom. The summed E-state index contributed by atoms with van der Waals surface area (Å²) in [6.07, 6.45) is 2.96. The molecule has 0 spiro atoms. The Hall–Kier alpha value is -1.11. The van der Waals surface area contributed by atoms with E-state index in [4.69, 9.17) is 11.5 Å². The zero-order chi connectivity index (χ0) is 16.3. The summed E-state index contributed by atoms with van der Waals surface area (Å²) in [5.41, 5.74) is 11.2. The molecule has 1 atom stereocenters. The van der Waals surface area contributed by atoms with E-state index in [1.54, 1.807) is 6.92 Å². The van der Waals surface area contributed by atoms with Crippen LogP contribution in [0.3, 0.4) is 0 Å². The summed E-state index contributed by atoms with van der Waals surface area (Å²) in [4.78, 5) is 23.7. The van der Waals surface area contributed by atoms with Crippen LogP contribution in [0.4, 0.5) is 0 Å². The number of carbonyl (C=O) groups is 2. The molecule has 0 bridgehead atoms. The molecule has 5 nitrogen and oxygen atoms in total. The van der Waals surface area contributed by atoms with Gasteiger partial charge in [-0.2, -0.15) is 0 Å². The van der Waals surface area contributed by atoms with Gasteiger partial charge in [-0.25, -0.2) is 0 Å². The van der Waals surface area contributed by atoms with E-state index in [1.807, 2.05) is 24.3 Å². The average Bonchev–Trinajstić information content (AvgIpc) is 2.48. The topological polar surface area (TPSA) is 98.2 Å². The number of primary amides is 1. The largest absolute Gasteiger partial charge is 0.369 e. The molecule has 2 amide bonds. The summed E-state index contributed by atoms with van der Waals surface area (Å²) in [5, 5.41) is 3.00. The van der Waals surface area contributed by atoms with Gasteiger partial charge in [0.15, 0.2) is 0 Å². The van der Waals surface area contributed by atoms with Gasteiger partial charge in [0, 0.05) is 16.4 Å². The number of amides is 2. The van der Waals surface area contributed by atoms with E-state index in [0.717, 1.165) is 35.7 Å². The van der Waals surface area contributed by atoms with Crippen molar-refractivity contribution in [3.05, 3.63) is 34.3 Å². The maximum atomic E-state index is 12.5. The van der Waals surface area contributed by atoms with Crippen molar-refractivity contribution in [1.29, 1.82) is 0 Å². The predicted octanol–water partition coefficient (Wildman–Crippen LogP) is 2.21. The first-order valence-corrected chi connectivity index (χ1v) is 8.25. The number of halogens is 2. The predicted molar refractivity (Wildman–Crippen MR) is 96.0 cm³/mol. The molecule has 23 heavy (non-hydrogen) atoms. The van der Waals surface area contributed by atoms with Crippen LogP contribution in [0, 0.1) is 5.92 Å². The molecule has 1 aliphatic carbocycles. The number of hydrogen-bond donors (Lipinski definition) is 3. The lowest BCUT2D eigenvalue weighted by Crippen LogP contribution is -2.52. The van der Waals surface area contributed by atoms with Crippen molar-refractivity contribution in [2.24, 2.45) is 17.4 Å². The van der Waals surface area contributed by atoms with Crippen molar-refractivity contribution in [1.82, 2.24) is 5.32 Å². The lowest BCUT2D eigenvalue weighted by atomic mass is 9.84. The molecule has 1 saturated carbocycles. The first-order chi connectivity index (χ1) is 10.3. The number of rotatable bonds is 4. The van der Waals surface area contributed by atoms with E-state index in [1.165, 1.54) is 0 Å². The van der Waals surface area contributed by atoms with Gasteiger partial charge in [0.1, 0.15) is 5.54 Å². The number of nitrogens with two attached hydrogens (primary N) is 2. The number of hydrogen-bond acceptors (Lipinski definition) is 3. The highest BCUT2D eigenvalue weighted by atomic mass is 79.9. The minimum Gasteiger partial charge on any atom is -0.369 e. The fourth-order valence-corrected chi connectivity index (χ4v) is 3.05. The summed E-state index contributed by atoms with van der Waals surface area (Å²) in [7, 11) is 0. The van der Waals surface area contributed by atoms with Crippen molar-refractivity contribution < 1.29 is 9.59 Å². The molecular weight excluding hydrogens is 382 g/mol. The van der Waals surface area contributed by atoms with E-state index in [2.05, 4.69) is 21.2 Å². The minimum atomic E-state index is -1.08. The maximum Gasteiger partial charge on any atom is 0.244 e. The van der Waals surface area contributed by atoms with E-state index in [0.29, 0.717) is 0 Å². The Labute approximate surface area is 151 Å². The molecule has 5 N–H and O–H groups in total. The third kappa shape index (κ3) is 4.93. The molecule has 1 aliphatic rings. The number of nitrogens with one attached hydrogen (secondary N) is 1. The highest BCUT2D eigenvalue weighted by Gasteiger charge is 2.33. The molecule has 1 fully saturated rings. The number of carbonyl (C=O) groups excluding carboxylic acids is 2. The summed E-state index contributed by atoms with van der Waals surface area (Å²) in [5.74, 6) is -0.510. The second-order valence-corrected chi connectivity index (χ2v) is 7.05. The van der Waals surface area contributed by atoms with Gasteiger partial charge >= 0.3 is 0 Å². The zero-order valence-corrected chi connectivity index (χ0v) is 15.5. The second kappa shape index (κ2) is 8.13. The Balaban J connectivity index is 0.00000264. The summed E-state index contributed by atoms with van der Waals surface area (Å²) in [6, 6.07) is 7.47. The summed E-state index contributed by atoms with van der Waals surface area (Å²) < 4.78 is 0.942. The minimum absolute atomic E-state index is 0. The van der Waals surface area contributed by atoms with Gasteiger partial charge in [0.25, 0.3) is 0 Å². The molecule has 7 heteroatoms. The van der Waals surface area contributed by atoms with Crippen molar-refractivity contribution in [2.45, 2.75) is 44.2 Å². The molecule has 1 aromatic rings. The van der Waals surface area contributed by atoms with E-state index in [-0.39, 0.29) is 36.2 Å². The van der Waals surface area contributed by atoms with Crippen LogP contribution in [0.25, 0.3) is 0 Å². The SMILES string of the molecule is CC(N)(C(=O)NC1CCC(C(N)=O)CC1)c1ccc(Br)cc1.Cl. The molecule has 1 aromatic carbocycles. The maximum absolute atomic E-state index is 12.5. The van der Waals surface area contributed by atoms with Crippen LogP contribution < -0.4 is 16.8 Å². The molecule has 0 saturated heterocycles. The van der Waals surface area contributed by atoms with Gasteiger partial charge in [-0.1, -0.05) is 28.1 Å². The smallest absolute Gasteiger partial charge is 0.244 e. The van der Waals surface area contributed by atoms with Crippen LogP contribution in [0.1, 0.15) is 38.2 Å². The van der Waals surface area contributed by atoms with Gasteiger partial charge in [0.05, 0.1) is 0 Å². The van der Waals surface area contributed by atoms with Gasteiger partial charge < -0.3 is 16.8 Å². The highest BCUT2D eigenvalue weighted by molar-refractivity contribution is 9.10. The Morgan fingerprint density at radius 1 is 1.17 bits per heavy atom. The van der Waals surface area contributed by atoms with Gasteiger partial charge in [-0.3, -0.25) is 9.59 Å². The van der Waals surface area contributed by atoms with Crippen LogP contribution in [0.15, 0.2) is 28.7 Å². The molecule has 1 unspecified atom stereocenters. The Morgan fingerprint density at radius 2 is 1.70 bits per heavy atom. The first-order valence-electron chi connectivity index (χ1n) is 7.46. The van der Waals surface area contributed by atoms with Crippen molar-refractivity contribution in [3.63, 3.8) is 0 Å². The van der Waals surface area contributed by atoms with Crippen LogP contribution in [-0.4, -0.2) is 17.9 Å². The fourth-order valence-electron chi connectivity index (χ4n) is 2.78. The van der Waals surface area contributed by atoms with E-state index >= 15 is 0 Å².